The molecule has 1 heterocycles. The van der Waals surface area contributed by atoms with Gasteiger partial charge < -0.3 is 20.6 Å². The van der Waals surface area contributed by atoms with Crippen molar-refractivity contribution in [1.82, 2.24) is 15.3 Å². The van der Waals surface area contributed by atoms with Crippen LogP contribution in [-0.4, -0.2) is 59.3 Å². The molecule has 1 amide bonds. The van der Waals surface area contributed by atoms with E-state index < -0.39 is 12.1 Å². The van der Waals surface area contributed by atoms with E-state index in [0.717, 1.165) is 48.0 Å². The van der Waals surface area contributed by atoms with Gasteiger partial charge in [0.05, 0.1) is 5.52 Å². The molecule has 12 heteroatoms. The number of halogens is 4. The number of para-hydroxylation sites is 1. The smallest absolute Gasteiger partial charge is 0.475 e. The Morgan fingerprint density at radius 2 is 1.63 bits per heavy atom. The maximum absolute atomic E-state index is 12.6. The Balaban J connectivity index is 0.000000505. The minimum Gasteiger partial charge on any atom is -0.475 e. The number of hydrogen-bond donors (Lipinski definition) is 3. The number of carbonyl (C=O) groups excluding carboxylic acids is 1. The Hall–Kier alpha value is -3.60. The molecule has 1 aliphatic rings. The number of anilines is 2. The molecule has 0 saturated heterocycles. The average molecular weight is 552 g/mol. The Bertz CT molecular complexity index is 1290. The molecule has 0 bridgehead atoms. The summed E-state index contributed by atoms with van der Waals surface area (Å²) >= 11 is 6.00. The summed E-state index contributed by atoms with van der Waals surface area (Å²) in [5, 5.41) is 15.5. The van der Waals surface area contributed by atoms with Crippen LogP contribution < -0.4 is 15.5 Å². The maximum atomic E-state index is 12.6. The molecule has 3 N–H and O–H groups in total. The number of hydrogen-bond acceptors (Lipinski definition) is 6. The Labute approximate surface area is 223 Å². The molecule has 0 spiro atoms. The first kappa shape index (κ1) is 29.0. The average Bonchev–Trinajstić information content (AvgIpc) is 2.84. The van der Waals surface area contributed by atoms with Crippen LogP contribution in [0.4, 0.5) is 24.9 Å². The van der Waals surface area contributed by atoms with Crippen molar-refractivity contribution in [3.8, 4) is 0 Å². The number of fused-ring (bicyclic) bond motifs is 1. The van der Waals surface area contributed by atoms with Crippen molar-refractivity contribution in [2.45, 2.75) is 50.9 Å². The lowest BCUT2D eigenvalue weighted by molar-refractivity contribution is -0.192. The van der Waals surface area contributed by atoms with Crippen molar-refractivity contribution in [3.05, 3.63) is 58.6 Å². The van der Waals surface area contributed by atoms with Crippen LogP contribution in [0.5, 0.6) is 0 Å². The van der Waals surface area contributed by atoms with Crippen LogP contribution in [0.25, 0.3) is 10.9 Å². The number of alkyl halides is 3. The van der Waals surface area contributed by atoms with Crippen LogP contribution in [0.15, 0.2) is 42.5 Å². The minimum atomic E-state index is -5.08. The SMILES string of the molecule is Cc1cc(Cl)ccc1C(=O)NC1CCC(Nc2nc(N(C)C)c3ccccc3n2)CC1.O=C(O)C(F)(F)F. The van der Waals surface area contributed by atoms with Crippen molar-refractivity contribution in [1.29, 1.82) is 0 Å². The minimum absolute atomic E-state index is 0.0286. The Kier molecular flexibility index (Phi) is 9.37. The van der Waals surface area contributed by atoms with Crippen molar-refractivity contribution < 1.29 is 27.9 Å². The summed E-state index contributed by atoms with van der Waals surface area (Å²) in [6, 6.07) is 13.9. The monoisotopic (exact) mass is 551 g/mol. The summed E-state index contributed by atoms with van der Waals surface area (Å²) in [6.07, 6.45) is -1.33. The fraction of sp³-hybridized carbons (Fsp3) is 0.385. The van der Waals surface area contributed by atoms with Gasteiger partial charge in [0, 0.05) is 42.2 Å². The highest BCUT2D eigenvalue weighted by Crippen LogP contribution is 2.26. The van der Waals surface area contributed by atoms with Crippen molar-refractivity contribution in [2.24, 2.45) is 0 Å². The molecule has 1 fully saturated rings. The van der Waals surface area contributed by atoms with Crippen LogP contribution in [0.3, 0.4) is 0 Å². The first-order valence-corrected chi connectivity index (χ1v) is 12.3. The molecule has 0 radical (unpaired) electrons. The van der Waals surface area contributed by atoms with E-state index in [2.05, 4.69) is 10.6 Å². The third-order valence-corrected chi connectivity index (χ3v) is 6.31. The molecule has 0 unspecified atom stereocenters. The van der Waals surface area contributed by atoms with Gasteiger partial charge in [-0.05, 0) is 68.5 Å². The molecule has 38 heavy (non-hydrogen) atoms. The maximum Gasteiger partial charge on any atom is 0.490 e. The zero-order chi connectivity index (χ0) is 28.0. The van der Waals surface area contributed by atoms with Gasteiger partial charge in [0.15, 0.2) is 0 Å². The number of amides is 1. The van der Waals surface area contributed by atoms with E-state index >= 15 is 0 Å². The number of rotatable bonds is 5. The molecule has 3 aromatic rings. The molecular formula is C26H29ClF3N5O3. The fourth-order valence-electron chi connectivity index (χ4n) is 4.17. The molecule has 1 aromatic heterocycles. The number of nitrogens with zero attached hydrogens (tertiary/aromatic N) is 3. The van der Waals surface area contributed by atoms with Gasteiger partial charge in [-0.2, -0.15) is 18.2 Å². The summed E-state index contributed by atoms with van der Waals surface area (Å²) in [5.41, 5.74) is 2.51. The highest BCUT2D eigenvalue weighted by molar-refractivity contribution is 6.30. The van der Waals surface area contributed by atoms with Gasteiger partial charge in [-0.1, -0.05) is 23.7 Å². The van der Waals surface area contributed by atoms with Gasteiger partial charge in [-0.25, -0.2) is 9.78 Å². The Morgan fingerprint density at radius 1 is 1.03 bits per heavy atom. The molecular weight excluding hydrogens is 523 g/mol. The molecule has 0 atom stereocenters. The van der Waals surface area contributed by atoms with Gasteiger partial charge in [-0.15, -0.1) is 0 Å². The summed E-state index contributed by atoms with van der Waals surface area (Å²) < 4.78 is 31.7. The topological polar surface area (TPSA) is 107 Å². The molecule has 8 nitrogen and oxygen atoms in total. The zero-order valence-corrected chi connectivity index (χ0v) is 21.9. The van der Waals surface area contributed by atoms with Gasteiger partial charge >= 0.3 is 12.1 Å². The first-order valence-electron chi connectivity index (χ1n) is 11.9. The molecule has 1 saturated carbocycles. The number of aliphatic carboxylic acids is 1. The quantitative estimate of drug-likeness (QED) is 0.387. The van der Waals surface area contributed by atoms with Gasteiger partial charge in [-0.3, -0.25) is 4.79 Å². The van der Waals surface area contributed by atoms with Crippen LogP contribution in [0.1, 0.15) is 41.6 Å². The third-order valence-electron chi connectivity index (χ3n) is 6.08. The van der Waals surface area contributed by atoms with E-state index in [9.17, 15) is 18.0 Å². The van der Waals surface area contributed by atoms with Gasteiger partial charge in [0.25, 0.3) is 5.91 Å². The number of carboxylic acids is 1. The number of carboxylic acid groups (broad SMARTS) is 1. The van der Waals surface area contributed by atoms with E-state index in [1.807, 2.05) is 56.3 Å². The van der Waals surface area contributed by atoms with E-state index in [-0.39, 0.29) is 11.9 Å². The second-order valence-electron chi connectivity index (χ2n) is 9.21. The fourth-order valence-corrected chi connectivity index (χ4v) is 4.40. The standard InChI is InChI=1S/C24H28ClN5O.C2HF3O2/c1-15-14-16(25)8-13-19(15)23(31)26-17-9-11-18(12-10-17)27-24-28-21-7-5-4-6-20(21)22(29-24)30(2)3;3-2(4,5)1(6)7/h4-8,13-14,17-18H,9-12H2,1-3H3,(H,26,31)(H,27,28,29);(H,6,7). The summed E-state index contributed by atoms with van der Waals surface area (Å²) in [6.45, 7) is 1.91. The number of benzene rings is 2. The first-order chi connectivity index (χ1) is 17.8. The van der Waals surface area contributed by atoms with Crippen molar-refractivity contribution >= 4 is 46.1 Å². The lowest BCUT2D eigenvalue weighted by Gasteiger charge is -2.30. The predicted octanol–water partition coefficient (Wildman–Crippen LogP) is 5.44. The normalized spacial score (nSPS) is 17.2. The molecule has 1 aliphatic carbocycles. The van der Waals surface area contributed by atoms with Crippen molar-refractivity contribution in [3.63, 3.8) is 0 Å². The number of nitrogens with one attached hydrogen (secondary N) is 2. The highest BCUT2D eigenvalue weighted by atomic mass is 35.5. The second kappa shape index (κ2) is 12.3. The Morgan fingerprint density at radius 3 is 2.21 bits per heavy atom. The molecule has 4 rings (SSSR count). The van der Waals surface area contributed by atoms with E-state index in [1.54, 1.807) is 12.1 Å². The van der Waals surface area contributed by atoms with E-state index in [4.69, 9.17) is 31.5 Å². The molecule has 0 aliphatic heterocycles. The summed E-state index contributed by atoms with van der Waals surface area (Å²) in [4.78, 5) is 33.0. The summed E-state index contributed by atoms with van der Waals surface area (Å²) in [5.74, 6) is -1.22. The lowest BCUT2D eigenvalue weighted by Crippen LogP contribution is -2.40. The third kappa shape index (κ3) is 7.70. The zero-order valence-electron chi connectivity index (χ0n) is 21.1. The molecule has 2 aromatic carbocycles. The van der Waals surface area contributed by atoms with Crippen LogP contribution in [0.2, 0.25) is 5.02 Å². The van der Waals surface area contributed by atoms with Gasteiger partial charge in [0.2, 0.25) is 5.95 Å². The number of aromatic nitrogens is 2. The second-order valence-corrected chi connectivity index (χ2v) is 9.65. The van der Waals surface area contributed by atoms with E-state index in [0.29, 0.717) is 22.6 Å². The highest BCUT2D eigenvalue weighted by Gasteiger charge is 2.38. The van der Waals surface area contributed by atoms with Gasteiger partial charge in [0.1, 0.15) is 5.82 Å². The number of carbonyl (C=O) groups is 2. The predicted molar refractivity (Wildman–Crippen MR) is 141 cm³/mol. The van der Waals surface area contributed by atoms with Crippen LogP contribution >= 0.6 is 11.6 Å². The van der Waals surface area contributed by atoms with E-state index in [1.165, 1.54) is 0 Å². The molecule has 204 valence electrons. The van der Waals surface area contributed by atoms with Crippen LogP contribution in [0, 0.1) is 6.92 Å². The van der Waals surface area contributed by atoms with Crippen LogP contribution in [-0.2, 0) is 4.79 Å². The largest absolute Gasteiger partial charge is 0.490 e. The lowest BCUT2D eigenvalue weighted by atomic mass is 9.91. The van der Waals surface area contributed by atoms with Crippen molar-refractivity contribution in [2.75, 3.05) is 24.3 Å². The number of aryl methyl sites for hydroxylation is 1. The summed E-state index contributed by atoms with van der Waals surface area (Å²) in [7, 11) is 3.99.